The summed E-state index contributed by atoms with van der Waals surface area (Å²) in [5, 5.41) is 0. The van der Waals surface area contributed by atoms with Crippen LogP contribution in [-0.4, -0.2) is 30.4 Å². The summed E-state index contributed by atoms with van der Waals surface area (Å²) in [4.78, 5) is 11.2. The van der Waals surface area contributed by atoms with E-state index >= 15 is 0 Å². The lowest BCUT2D eigenvalue weighted by atomic mass is 10.0. The Bertz CT molecular complexity index is 121. The van der Waals surface area contributed by atoms with E-state index in [9.17, 15) is 0 Å². The SMILES string of the molecule is CCC1CCCCN1CC.Cl.NC=O. The van der Waals surface area contributed by atoms with E-state index in [0.29, 0.717) is 0 Å². The highest BCUT2D eigenvalue weighted by Gasteiger charge is 2.17. The lowest BCUT2D eigenvalue weighted by Gasteiger charge is -2.34. The lowest BCUT2D eigenvalue weighted by molar-refractivity contribution is -0.106. The second-order valence-electron chi connectivity index (χ2n) is 3.32. The Kier molecular flexibility index (Phi) is 12.5. The molecule has 0 aromatic carbocycles. The van der Waals surface area contributed by atoms with Crippen LogP contribution in [0.3, 0.4) is 0 Å². The molecule has 0 bridgehead atoms. The van der Waals surface area contributed by atoms with E-state index in [0.717, 1.165) is 6.04 Å². The Balaban J connectivity index is 0. The standard InChI is InChI=1S/C9H19N.CH3NO.ClH/c1-3-9-7-5-6-8-10(9)4-2;2-1-3;/h9H,3-8H2,1-2H3;1H,(H2,2,3);1H. The van der Waals surface area contributed by atoms with Gasteiger partial charge in [-0.15, -0.1) is 12.4 Å². The van der Waals surface area contributed by atoms with Gasteiger partial charge in [-0.25, -0.2) is 0 Å². The van der Waals surface area contributed by atoms with Crippen LogP contribution in [0.4, 0.5) is 0 Å². The van der Waals surface area contributed by atoms with Crippen molar-refractivity contribution in [2.45, 2.75) is 45.6 Å². The van der Waals surface area contributed by atoms with Gasteiger partial charge in [0.2, 0.25) is 6.41 Å². The number of hydrogen-bond acceptors (Lipinski definition) is 2. The van der Waals surface area contributed by atoms with Gasteiger partial charge in [0.1, 0.15) is 0 Å². The molecule has 1 fully saturated rings. The van der Waals surface area contributed by atoms with E-state index in [1.165, 1.54) is 38.8 Å². The lowest BCUT2D eigenvalue weighted by Crippen LogP contribution is -2.38. The predicted octanol–water partition coefficient (Wildman–Crippen LogP) is 1.79. The summed E-state index contributed by atoms with van der Waals surface area (Å²) in [6.45, 7) is 7.17. The first-order chi connectivity index (χ1) is 6.29. The number of nitrogens with zero attached hydrogens (tertiary/aromatic N) is 1. The zero-order chi connectivity index (χ0) is 10.1. The molecule has 1 aliphatic rings. The Hall–Kier alpha value is -0.280. The second-order valence-corrected chi connectivity index (χ2v) is 3.32. The topological polar surface area (TPSA) is 46.3 Å². The number of primary amides is 1. The molecule has 86 valence electrons. The molecule has 1 saturated heterocycles. The second kappa shape index (κ2) is 10.8. The van der Waals surface area contributed by atoms with Gasteiger partial charge in [-0.3, -0.25) is 4.79 Å². The highest BCUT2D eigenvalue weighted by Crippen LogP contribution is 2.18. The molecule has 1 heterocycles. The highest BCUT2D eigenvalue weighted by molar-refractivity contribution is 5.85. The van der Waals surface area contributed by atoms with Gasteiger partial charge in [-0.1, -0.05) is 20.3 Å². The molecule has 0 aliphatic carbocycles. The van der Waals surface area contributed by atoms with Crippen LogP contribution >= 0.6 is 12.4 Å². The van der Waals surface area contributed by atoms with Gasteiger partial charge < -0.3 is 10.6 Å². The summed E-state index contributed by atoms with van der Waals surface area (Å²) in [5.41, 5.74) is 4.17. The van der Waals surface area contributed by atoms with E-state index in [1.807, 2.05) is 0 Å². The third kappa shape index (κ3) is 6.22. The van der Waals surface area contributed by atoms with Crippen LogP contribution in [0.5, 0.6) is 0 Å². The van der Waals surface area contributed by atoms with Crippen molar-refractivity contribution in [3.8, 4) is 0 Å². The molecule has 3 nitrogen and oxygen atoms in total. The number of hydrogen-bond donors (Lipinski definition) is 1. The van der Waals surface area contributed by atoms with Gasteiger partial charge in [0, 0.05) is 6.04 Å². The van der Waals surface area contributed by atoms with Crippen molar-refractivity contribution in [2.75, 3.05) is 13.1 Å². The molecule has 1 unspecified atom stereocenters. The normalized spacial score (nSPS) is 21.4. The molecular formula is C10H23ClN2O. The van der Waals surface area contributed by atoms with E-state index in [2.05, 4.69) is 24.5 Å². The maximum Gasteiger partial charge on any atom is 0.204 e. The van der Waals surface area contributed by atoms with Gasteiger partial charge in [0.25, 0.3) is 0 Å². The molecule has 2 N–H and O–H groups in total. The Morgan fingerprint density at radius 3 is 2.36 bits per heavy atom. The number of carbonyl (C=O) groups is 1. The van der Waals surface area contributed by atoms with Gasteiger partial charge in [0.05, 0.1) is 0 Å². The van der Waals surface area contributed by atoms with E-state index in [-0.39, 0.29) is 18.8 Å². The van der Waals surface area contributed by atoms with Crippen molar-refractivity contribution < 1.29 is 4.79 Å². The van der Waals surface area contributed by atoms with Gasteiger partial charge >= 0.3 is 0 Å². The summed E-state index contributed by atoms with van der Waals surface area (Å²) < 4.78 is 0. The Morgan fingerprint density at radius 2 is 2.00 bits per heavy atom. The first-order valence-corrected chi connectivity index (χ1v) is 5.19. The number of likely N-dealkylation sites (tertiary alicyclic amines) is 1. The number of amides is 1. The molecule has 1 atom stereocenters. The van der Waals surface area contributed by atoms with Crippen LogP contribution in [-0.2, 0) is 4.79 Å². The maximum absolute atomic E-state index is 8.58. The quantitative estimate of drug-likeness (QED) is 0.725. The van der Waals surface area contributed by atoms with Crippen molar-refractivity contribution in [3.05, 3.63) is 0 Å². The van der Waals surface area contributed by atoms with Crippen molar-refractivity contribution in [3.63, 3.8) is 0 Å². The van der Waals surface area contributed by atoms with Crippen LogP contribution < -0.4 is 5.73 Å². The molecule has 1 amide bonds. The van der Waals surface area contributed by atoms with Crippen LogP contribution in [0.2, 0.25) is 0 Å². The Morgan fingerprint density at radius 1 is 1.43 bits per heavy atom. The first kappa shape index (κ1) is 16.2. The molecule has 0 radical (unpaired) electrons. The van der Waals surface area contributed by atoms with E-state index in [1.54, 1.807) is 0 Å². The van der Waals surface area contributed by atoms with Crippen LogP contribution in [0.15, 0.2) is 0 Å². The third-order valence-corrected chi connectivity index (χ3v) is 2.63. The van der Waals surface area contributed by atoms with Crippen LogP contribution in [0.25, 0.3) is 0 Å². The number of nitrogens with two attached hydrogens (primary N) is 1. The zero-order valence-electron chi connectivity index (χ0n) is 9.24. The average Bonchev–Trinajstić information content (AvgIpc) is 2.19. The van der Waals surface area contributed by atoms with Crippen molar-refractivity contribution >= 4 is 18.8 Å². The van der Waals surface area contributed by atoms with Gasteiger partial charge in [-0.2, -0.15) is 0 Å². The summed E-state index contributed by atoms with van der Waals surface area (Å²) in [5.74, 6) is 0. The van der Waals surface area contributed by atoms with E-state index in [4.69, 9.17) is 4.79 Å². The Labute approximate surface area is 93.4 Å². The minimum Gasteiger partial charge on any atom is -0.372 e. The smallest absolute Gasteiger partial charge is 0.204 e. The highest BCUT2D eigenvalue weighted by atomic mass is 35.5. The van der Waals surface area contributed by atoms with Gasteiger partial charge in [0.15, 0.2) is 0 Å². The van der Waals surface area contributed by atoms with Crippen molar-refractivity contribution in [2.24, 2.45) is 5.73 Å². The number of carbonyl (C=O) groups excluding carboxylic acids is 1. The molecule has 0 aromatic rings. The predicted molar refractivity (Wildman–Crippen MR) is 62.7 cm³/mol. The average molecular weight is 223 g/mol. The fraction of sp³-hybridized carbons (Fsp3) is 0.900. The molecule has 0 spiro atoms. The fourth-order valence-corrected chi connectivity index (χ4v) is 1.94. The third-order valence-electron chi connectivity index (χ3n) is 2.63. The molecule has 0 aromatic heterocycles. The zero-order valence-corrected chi connectivity index (χ0v) is 10.1. The van der Waals surface area contributed by atoms with Crippen LogP contribution in [0, 0.1) is 0 Å². The fourth-order valence-electron chi connectivity index (χ4n) is 1.94. The monoisotopic (exact) mass is 222 g/mol. The number of halogens is 1. The minimum absolute atomic E-state index is 0. The van der Waals surface area contributed by atoms with Crippen molar-refractivity contribution in [1.29, 1.82) is 0 Å². The molecule has 1 aliphatic heterocycles. The van der Waals surface area contributed by atoms with Gasteiger partial charge in [-0.05, 0) is 32.4 Å². The molecule has 0 saturated carbocycles. The largest absolute Gasteiger partial charge is 0.372 e. The molecular weight excluding hydrogens is 200 g/mol. The van der Waals surface area contributed by atoms with Crippen molar-refractivity contribution in [1.82, 2.24) is 4.90 Å². The first-order valence-electron chi connectivity index (χ1n) is 5.19. The van der Waals surface area contributed by atoms with Crippen LogP contribution in [0.1, 0.15) is 39.5 Å². The number of piperidine rings is 1. The number of rotatable bonds is 2. The summed E-state index contributed by atoms with van der Waals surface area (Å²) in [7, 11) is 0. The molecule has 4 heteroatoms. The van der Waals surface area contributed by atoms with E-state index < -0.39 is 0 Å². The summed E-state index contributed by atoms with van der Waals surface area (Å²) in [6, 6.07) is 0.902. The maximum atomic E-state index is 8.58. The summed E-state index contributed by atoms with van der Waals surface area (Å²) >= 11 is 0. The molecule has 1 rings (SSSR count). The minimum atomic E-state index is 0. The molecule has 14 heavy (non-hydrogen) atoms. The summed E-state index contributed by atoms with van der Waals surface area (Å²) in [6.07, 6.45) is 5.90.